The summed E-state index contributed by atoms with van der Waals surface area (Å²) in [7, 11) is 0. The third-order valence-corrected chi connectivity index (χ3v) is 4.67. The number of fused-ring (bicyclic) bond motifs is 2. The predicted molar refractivity (Wildman–Crippen MR) is 85.4 cm³/mol. The van der Waals surface area contributed by atoms with Gasteiger partial charge in [-0.25, -0.2) is 19.9 Å². The number of anilines is 1. The van der Waals surface area contributed by atoms with Crippen molar-refractivity contribution >= 4 is 27.4 Å². The molecule has 0 aromatic carbocycles. The second kappa shape index (κ2) is 5.49. The normalized spacial score (nSPS) is 14.1. The van der Waals surface area contributed by atoms with Crippen LogP contribution in [-0.4, -0.2) is 33.1 Å². The van der Waals surface area contributed by atoms with Gasteiger partial charge in [-0.05, 0) is 18.4 Å². The molecule has 0 saturated carbocycles. The molecule has 0 atom stereocenters. The fourth-order valence-corrected chi connectivity index (χ4v) is 3.62. The lowest BCUT2D eigenvalue weighted by Crippen LogP contribution is -2.32. The number of nitrogens with zero attached hydrogens (tertiary/aromatic N) is 5. The van der Waals surface area contributed by atoms with Crippen LogP contribution in [0.1, 0.15) is 18.2 Å². The first-order chi connectivity index (χ1) is 10.9. The van der Waals surface area contributed by atoms with E-state index in [-0.39, 0.29) is 0 Å². The van der Waals surface area contributed by atoms with Gasteiger partial charge in [-0.1, -0.05) is 0 Å². The Bertz CT molecular complexity index is 819. The van der Waals surface area contributed by atoms with Gasteiger partial charge in [0.15, 0.2) is 0 Å². The van der Waals surface area contributed by atoms with E-state index in [1.807, 2.05) is 13.0 Å². The van der Waals surface area contributed by atoms with Crippen LogP contribution in [0.15, 0.2) is 24.1 Å². The number of hydrogen-bond donors (Lipinski definition) is 0. The molecule has 4 heterocycles. The molecule has 0 bridgehead atoms. The number of thiophene rings is 1. The highest BCUT2D eigenvalue weighted by Crippen LogP contribution is 2.32. The summed E-state index contributed by atoms with van der Waals surface area (Å²) in [6.45, 7) is 4.18. The van der Waals surface area contributed by atoms with Crippen molar-refractivity contribution in [3.63, 3.8) is 0 Å². The minimum absolute atomic E-state index is 0.603. The number of rotatable bonds is 3. The van der Waals surface area contributed by atoms with Crippen molar-refractivity contribution in [1.82, 2.24) is 19.9 Å². The summed E-state index contributed by atoms with van der Waals surface area (Å²) < 4.78 is 6.78. The molecule has 1 aliphatic heterocycles. The van der Waals surface area contributed by atoms with Gasteiger partial charge in [-0.15, -0.1) is 11.3 Å². The summed E-state index contributed by atoms with van der Waals surface area (Å²) >= 11 is 1.67. The van der Waals surface area contributed by atoms with Crippen molar-refractivity contribution in [1.29, 1.82) is 0 Å². The molecule has 0 unspecified atom stereocenters. The molecular weight excluding hydrogens is 298 g/mol. The van der Waals surface area contributed by atoms with E-state index >= 15 is 0 Å². The zero-order valence-electron chi connectivity index (χ0n) is 12.2. The smallest absolute Gasteiger partial charge is 0.221 e. The van der Waals surface area contributed by atoms with Gasteiger partial charge in [0.05, 0.1) is 34.6 Å². The molecular formula is C15H15N5OS. The first-order valence-corrected chi connectivity index (χ1v) is 8.13. The van der Waals surface area contributed by atoms with Crippen molar-refractivity contribution in [2.45, 2.75) is 19.9 Å². The SMILES string of the molecule is CCOc1ncnc2c1CN(c1ncnc3ccsc13)CC2. The molecule has 0 spiro atoms. The maximum atomic E-state index is 5.65. The molecule has 6 nitrogen and oxygen atoms in total. The highest BCUT2D eigenvalue weighted by Gasteiger charge is 2.24. The average molecular weight is 313 g/mol. The lowest BCUT2D eigenvalue weighted by atomic mass is 10.1. The molecule has 0 saturated heterocycles. The van der Waals surface area contributed by atoms with E-state index in [2.05, 4.69) is 30.2 Å². The van der Waals surface area contributed by atoms with Crippen molar-refractivity contribution < 1.29 is 4.74 Å². The van der Waals surface area contributed by atoms with E-state index in [9.17, 15) is 0 Å². The van der Waals surface area contributed by atoms with Crippen LogP contribution in [-0.2, 0) is 13.0 Å². The summed E-state index contributed by atoms with van der Waals surface area (Å²) in [4.78, 5) is 19.7. The van der Waals surface area contributed by atoms with Gasteiger partial charge < -0.3 is 9.64 Å². The van der Waals surface area contributed by atoms with Crippen LogP contribution >= 0.6 is 11.3 Å². The van der Waals surface area contributed by atoms with Gasteiger partial charge in [0.25, 0.3) is 0 Å². The zero-order chi connectivity index (χ0) is 14.9. The summed E-state index contributed by atoms with van der Waals surface area (Å²) in [6, 6.07) is 2.03. The van der Waals surface area contributed by atoms with Crippen LogP contribution < -0.4 is 9.64 Å². The van der Waals surface area contributed by atoms with Crippen molar-refractivity contribution in [2.24, 2.45) is 0 Å². The standard InChI is InChI=1S/C15H15N5OS/c1-2-21-15-10-7-20(5-3-11(10)16-9-19-15)14-13-12(4-6-22-13)17-8-18-14/h4,6,8-9H,2-3,5,7H2,1H3. The van der Waals surface area contributed by atoms with Crippen LogP contribution in [0.2, 0.25) is 0 Å². The summed E-state index contributed by atoms with van der Waals surface area (Å²) in [6.07, 6.45) is 4.08. The van der Waals surface area contributed by atoms with Gasteiger partial charge >= 0.3 is 0 Å². The fraction of sp³-hybridized carbons (Fsp3) is 0.333. The van der Waals surface area contributed by atoms with Crippen molar-refractivity contribution in [3.05, 3.63) is 35.4 Å². The van der Waals surface area contributed by atoms with Gasteiger partial charge in [0.1, 0.15) is 18.5 Å². The van der Waals surface area contributed by atoms with Gasteiger partial charge in [-0.2, -0.15) is 0 Å². The van der Waals surface area contributed by atoms with E-state index < -0.39 is 0 Å². The van der Waals surface area contributed by atoms with Gasteiger partial charge in [0, 0.05) is 13.0 Å². The Balaban J connectivity index is 1.74. The van der Waals surface area contributed by atoms with Crippen LogP contribution in [0.4, 0.5) is 5.82 Å². The fourth-order valence-electron chi connectivity index (χ4n) is 2.76. The molecule has 3 aromatic rings. The summed E-state index contributed by atoms with van der Waals surface area (Å²) in [5.41, 5.74) is 3.14. The summed E-state index contributed by atoms with van der Waals surface area (Å²) in [5.74, 6) is 1.67. The lowest BCUT2D eigenvalue weighted by Gasteiger charge is -2.29. The van der Waals surface area contributed by atoms with Crippen molar-refractivity contribution in [3.8, 4) is 5.88 Å². The molecule has 0 radical (unpaired) electrons. The molecule has 0 fully saturated rings. The molecule has 3 aromatic heterocycles. The second-order valence-corrected chi connectivity index (χ2v) is 5.96. The molecule has 0 aliphatic carbocycles. The van der Waals surface area contributed by atoms with Crippen LogP contribution in [0.3, 0.4) is 0 Å². The maximum Gasteiger partial charge on any atom is 0.221 e. The number of aromatic nitrogens is 4. The van der Waals surface area contributed by atoms with E-state index in [1.54, 1.807) is 24.0 Å². The second-order valence-electron chi connectivity index (χ2n) is 5.04. The Morgan fingerprint density at radius 3 is 3.05 bits per heavy atom. The van der Waals surface area contributed by atoms with Gasteiger partial charge in [0.2, 0.25) is 5.88 Å². The molecule has 1 aliphatic rings. The monoisotopic (exact) mass is 313 g/mol. The maximum absolute atomic E-state index is 5.65. The van der Waals surface area contributed by atoms with E-state index in [4.69, 9.17) is 4.74 Å². The Morgan fingerprint density at radius 1 is 1.23 bits per heavy atom. The molecule has 22 heavy (non-hydrogen) atoms. The topological polar surface area (TPSA) is 64.0 Å². The van der Waals surface area contributed by atoms with Crippen molar-refractivity contribution in [2.75, 3.05) is 18.1 Å². The summed E-state index contributed by atoms with van der Waals surface area (Å²) in [5, 5.41) is 2.05. The Labute approximate surface area is 131 Å². The quantitative estimate of drug-likeness (QED) is 0.740. The van der Waals surface area contributed by atoms with Crippen LogP contribution in [0.5, 0.6) is 5.88 Å². The largest absolute Gasteiger partial charge is 0.478 e. The Hall–Kier alpha value is -2.28. The third kappa shape index (κ3) is 2.18. The zero-order valence-corrected chi connectivity index (χ0v) is 13.0. The minimum atomic E-state index is 0.603. The number of hydrogen-bond acceptors (Lipinski definition) is 7. The minimum Gasteiger partial charge on any atom is -0.478 e. The highest BCUT2D eigenvalue weighted by molar-refractivity contribution is 7.17. The van der Waals surface area contributed by atoms with Crippen LogP contribution in [0, 0.1) is 0 Å². The number of ether oxygens (including phenoxy) is 1. The molecule has 4 rings (SSSR count). The average Bonchev–Trinajstić information content (AvgIpc) is 3.04. The Morgan fingerprint density at radius 2 is 2.14 bits per heavy atom. The van der Waals surface area contributed by atoms with Gasteiger partial charge in [-0.3, -0.25) is 0 Å². The predicted octanol–water partition coefficient (Wildman–Crippen LogP) is 2.44. The molecule has 112 valence electrons. The molecule has 0 N–H and O–H groups in total. The Kier molecular flexibility index (Phi) is 3.34. The van der Waals surface area contributed by atoms with E-state index in [0.717, 1.165) is 46.8 Å². The molecule has 7 heteroatoms. The van der Waals surface area contributed by atoms with E-state index in [0.29, 0.717) is 12.5 Å². The lowest BCUT2D eigenvalue weighted by molar-refractivity contribution is 0.320. The third-order valence-electron chi connectivity index (χ3n) is 3.77. The first-order valence-electron chi connectivity index (χ1n) is 7.25. The first kappa shape index (κ1) is 13.4. The highest BCUT2D eigenvalue weighted by atomic mass is 32.1. The van der Waals surface area contributed by atoms with E-state index in [1.165, 1.54) is 0 Å². The van der Waals surface area contributed by atoms with Crippen LogP contribution in [0.25, 0.3) is 10.2 Å². The molecule has 0 amide bonds.